The Hall–Kier alpha value is -3.72. The highest BCUT2D eigenvalue weighted by molar-refractivity contribution is 7.80. The average molecular weight is 532 g/mol. The monoisotopic (exact) mass is 531 g/mol. The first-order valence-electron chi connectivity index (χ1n) is 11.8. The molecule has 3 heterocycles. The number of nitrogens with one attached hydrogen (secondary N) is 2. The summed E-state index contributed by atoms with van der Waals surface area (Å²) in [7, 11) is 1.47. The van der Waals surface area contributed by atoms with Crippen molar-refractivity contribution in [1.82, 2.24) is 14.9 Å². The van der Waals surface area contributed by atoms with Crippen LogP contribution >= 0.6 is 23.8 Å². The molecule has 188 valence electrons. The first-order valence-corrected chi connectivity index (χ1v) is 12.6. The number of nitrogens with zero attached hydrogens (tertiary/aromatic N) is 3. The fourth-order valence-corrected chi connectivity index (χ4v) is 5.26. The number of hydrogen-bond donors (Lipinski definition) is 2. The summed E-state index contributed by atoms with van der Waals surface area (Å²) in [5, 5.41) is 7.22. The maximum atomic E-state index is 12.0. The first kappa shape index (κ1) is 25.0. The topological polar surface area (TPSA) is 71.4 Å². The number of pyridine rings is 1. The SMILES string of the molecule is COCC(=O)Nc1ccc(N2C(=S)N[C@@H](c3ccccn3)[C@H]2c2cccn2-c2ccccc2C)cc1Cl. The summed E-state index contributed by atoms with van der Waals surface area (Å²) < 4.78 is 7.10. The molecule has 1 saturated heterocycles. The molecule has 0 saturated carbocycles. The fraction of sp³-hybridized carbons (Fsp3) is 0.179. The second-order valence-electron chi connectivity index (χ2n) is 8.73. The van der Waals surface area contributed by atoms with E-state index < -0.39 is 0 Å². The van der Waals surface area contributed by atoms with Crippen LogP contribution in [0.2, 0.25) is 5.02 Å². The predicted molar refractivity (Wildman–Crippen MR) is 150 cm³/mol. The molecule has 4 aromatic rings. The highest BCUT2D eigenvalue weighted by Crippen LogP contribution is 2.43. The maximum absolute atomic E-state index is 12.0. The lowest BCUT2D eigenvalue weighted by Gasteiger charge is -2.29. The Morgan fingerprint density at radius 2 is 1.95 bits per heavy atom. The summed E-state index contributed by atoms with van der Waals surface area (Å²) in [6, 6.07) is 23.4. The van der Waals surface area contributed by atoms with Crippen LogP contribution in [0.3, 0.4) is 0 Å². The number of aryl methyl sites for hydroxylation is 1. The number of carbonyl (C=O) groups excluding carboxylic acids is 1. The lowest BCUT2D eigenvalue weighted by Crippen LogP contribution is -2.30. The fourth-order valence-electron chi connectivity index (χ4n) is 4.69. The summed E-state index contributed by atoms with van der Waals surface area (Å²) >= 11 is 12.5. The Labute approximate surface area is 226 Å². The molecule has 1 aliphatic heterocycles. The third kappa shape index (κ3) is 4.96. The van der Waals surface area contributed by atoms with Gasteiger partial charge in [0.05, 0.1) is 22.4 Å². The number of aromatic nitrogens is 2. The minimum Gasteiger partial charge on any atom is -0.375 e. The molecule has 2 aromatic carbocycles. The summed E-state index contributed by atoms with van der Waals surface area (Å²) in [4.78, 5) is 18.7. The van der Waals surface area contributed by atoms with Crippen molar-refractivity contribution >= 4 is 46.2 Å². The second-order valence-corrected chi connectivity index (χ2v) is 9.53. The third-order valence-electron chi connectivity index (χ3n) is 6.34. The van der Waals surface area contributed by atoms with Gasteiger partial charge in [0.25, 0.3) is 0 Å². The van der Waals surface area contributed by atoms with Crippen LogP contribution in [-0.4, -0.2) is 34.3 Å². The minimum atomic E-state index is -0.278. The molecule has 0 radical (unpaired) electrons. The van der Waals surface area contributed by atoms with Crippen molar-refractivity contribution in [1.29, 1.82) is 0 Å². The summed E-state index contributed by atoms with van der Waals surface area (Å²) in [5.74, 6) is -0.278. The summed E-state index contributed by atoms with van der Waals surface area (Å²) in [5.41, 5.74) is 5.48. The normalized spacial score (nSPS) is 17.1. The zero-order valence-electron chi connectivity index (χ0n) is 20.4. The molecule has 0 aliphatic carbocycles. The van der Waals surface area contributed by atoms with Gasteiger partial charge in [-0.25, -0.2) is 0 Å². The van der Waals surface area contributed by atoms with Crippen LogP contribution in [0.4, 0.5) is 11.4 Å². The molecule has 2 aromatic heterocycles. The Balaban J connectivity index is 1.60. The van der Waals surface area contributed by atoms with Crippen molar-refractivity contribution in [2.45, 2.75) is 19.0 Å². The van der Waals surface area contributed by atoms with Gasteiger partial charge in [0.15, 0.2) is 5.11 Å². The van der Waals surface area contributed by atoms with E-state index in [-0.39, 0.29) is 24.6 Å². The lowest BCUT2D eigenvalue weighted by molar-refractivity contribution is -0.119. The van der Waals surface area contributed by atoms with Gasteiger partial charge in [0.2, 0.25) is 5.91 Å². The Bertz CT molecular complexity index is 1440. The molecule has 0 unspecified atom stereocenters. The molecule has 37 heavy (non-hydrogen) atoms. The largest absolute Gasteiger partial charge is 0.375 e. The van der Waals surface area contributed by atoms with Gasteiger partial charge in [-0.05, 0) is 73.2 Å². The van der Waals surface area contributed by atoms with Crippen LogP contribution in [0.25, 0.3) is 5.69 Å². The molecule has 2 N–H and O–H groups in total. The number of hydrogen-bond acceptors (Lipinski definition) is 4. The third-order valence-corrected chi connectivity index (χ3v) is 6.96. The van der Waals surface area contributed by atoms with Crippen molar-refractivity contribution in [3.05, 3.63) is 107 Å². The van der Waals surface area contributed by atoms with Crippen LogP contribution < -0.4 is 15.5 Å². The molecule has 5 rings (SSSR count). The number of anilines is 2. The standard InChI is InChI=1S/C28H26ClN5O2S/c1-18-8-3-4-10-23(18)33-15-7-11-24(33)27-26(22-9-5-6-14-30-22)32-28(37)34(27)19-12-13-21(20(29)16-19)31-25(35)17-36-2/h3-16,26-27H,17H2,1-2H3,(H,31,35)(H,32,37)/t26-,27+/m0/s1. The van der Waals surface area contributed by atoms with E-state index in [2.05, 4.69) is 56.4 Å². The summed E-state index contributed by atoms with van der Waals surface area (Å²) in [6.45, 7) is 2.04. The Kier molecular flexibility index (Phi) is 7.23. The van der Waals surface area contributed by atoms with E-state index in [4.69, 9.17) is 28.6 Å². The van der Waals surface area contributed by atoms with E-state index in [1.54, 1.807) is 12.3 Å². The van der Waals surface area contributed by atoms with Gasteiger partial charge in [-0.3, -0.25) is 9.78 Å². The number of halogens is 1. The predicted octanol–water partition coefficient (Wildman–Crippen LogP) is 5.60. The first-order chi connectivity index (χ1) is 18.0. The highest BCUT2D eigenvalue weighted by Gasteiger charge is 2.42. The van der Waals surface area contributed by atoms with Crippen molar-refractivity contribution < 1.29 is 9.53 Å². The number of methoxy groups -OCH3 is 1. The van der Waals surface area contributed by atoms with Gasteiger partial charge in [-0.2, -0.15) is 0 Å². The van der Waals surface area contributed by atoms with Crippen LogP contribution in [0.1, 0.15) is 29.0 Å². The van der Waals surface area contributed by atoms with Gasteiger partial charge < -0.3 is 24.8 Å². The molecule has 9 heteroatoms. The van der Waals surface area contributed by atoms with E-state index in [0.29, 0.717) is 15.8 Å². The average Bonchev–Trinajstić information content (AvgIpc) is 3.50. The number of ether oxygens (including phenoxy) is 1. The van der Waals surface area contributed by atoms with Gasteiger partial charge >= 0.3 is 0 Å². The minimum absolute atomic E-state index is 0.0536. The molecular formula is C28H26ClN5O2S. The molecule has 0 spiro atoms. The molecule has 1 amide bonds. The number of rotatable bonds is 7. The molecule has 7 nitrogen and oxygen atoms in total. The van der Waals surface area contributed by atoms with Crippen LogP contribution in [0, 0.1) is 6.92 Å². The zero-order valence-corrected chi connectivity index (χ0v) is 22.0. The van der Waals surface area contributed by atoms with Crippen molar-refractivity contribution in [2.24, 2.45) is 0 Å². The van der Waals surface area contributed by atoms with Crippen molar-refractivity contribution in [2.75, 3.05) is 23.9 Å². The highest BCUT2D eigenvalue weighted by atomic mass is 35.5. The second kappa shape index (κ2) is 10.7. The Morgan fingerprint density at radius 1 is 1.14 bits per heavy atom. The zero-order chi connectivity index (χ0) is 25.9. The number of thiocarbonyl (C=S) groups is 1. The van der Waals surface area contributed by atoms with Crippen molar-refractivity contribution in [3.63, 3.8) is 0 Å². The smallest absolute Gasteiger partial charge is 0.250 e. The lowest BCUT2D eigenvalue weighted by atomic mass is 10.0. The Morgan fingerprint density at radius 3 is 2.68 bits per heavy atom. The summed E-state index contributed by atoms with van der Waals surface area (Å²) in [6.07, 6.45) is 3.85. The maximum Gasteiger partial charge on any atom is 0.250 e. The number of benzene rings is 2. The quantitative estimate of drug-likeness (QED) is 0.303. The van der Waals surface area contributed by atoms with E-state index in [0.717, 1.165) is 28.3 Å². The van der Waals surface area contributed by atoms with Gasteiger partial charge in [-0.1, -0.05) is 35.9 Å². The van der Waals surface area contributed by atoms with E-state index in [1.807, 2.05) is 48.5 Å². The molecule has 1 fully saturated rings. The van der Waals surface area contributed by atoms with Gasteiger partial charge in [0, 0.05) is 36.6 Å². The van der Waals surface area contributed by atoms with E-state index in [1.165, 1.54) is 7.11 Å². The van der Waals surface area contributed by atoms with E-state index in [9.17, 15) is 4.79 Å². The molecule has 2 atom stereocenters. The molecule has 1 aliphatic rings. The molecule has 0 bridgehead atoms. The van der Waals surface area contributed by atoms with Gasteiger partial charge in [-0.15, -0.1) is 0 Å². The number of carbonyl (C=O) groups is 1. The number of para-hydroxylation sites is 1. The van der Waals surface area contributed by atoms with Gasteiger partial charge in [0.1, 0.15) is 12.6 Å². The van der Waals surface area contributed by atoms with Crippen LogP contribution in [0.5, 0.6) is 0 Å². The van der Waals surface area contributed by atoms with Crippen LogP contribution in [-0.2, 0) is 9.53 Å². The van der Waals surface area contributed by atoms with Crippen LogP contribution in [0.15, 0.2) is 85.2 Å². The molecular weight excluding hydrogens is 506 g/mol. The number of amides is 1. The van der Waals surface area contributed by atoms with E-state index >= 15 is 0 Å². The van der Waals surface area contributed by atoms with Crippen molar-refractivity contribution in [3.8, 4) is 5.69 Å².